The van der Waals surface area contributed by atoms with Gasteiger partial charge < -0.3 is 0 Å². The molecule has 5 nitrogen and oxygen atoms in total. The van der Waals surface area contributed by atoms with E-state index < -0.39 is 0 Å². The Morgan fingerprint density at radius 1 is 1.38 bits per heavy atom. The molecule has 0 radical (unpaired) electrons. The van der Waals surface area contributed by atoms with Crippen molar-refractivity contribution in [2.45, 2.75) is 10.8 Å². The highest BCUT2D eigenvalue weighted by atomic mass is 35.5. The topological polar surface area (TPSA) is 58.5 Å². The summed E-state index contributed by atoms with van der Waals surface area (Å²) in [7, 11) is 0. The molecule has 0 spiro atoms. The summed E-state index contributed by atoms with van der Waals surface area (Å²) in [6.07, 6.45) is 0.945. The van der Waals surface area contributed by atoms with Crippen molar-refractivity contribution < 1.29 is 4.79 Å². The monoisotopic (exact) mass is 418 g/mol. The molecule has 0 unspecified atom stereocenters. The second-order valence-electron chi connectivity index (χ2n) is 4.73. The molecule has 1 aliphatic heterocycles. The number of carbonyl (C=O) groups excluding carboxylic acids is 1. The number of benzene rings is 1. The Morgan fingerprint density at radius 3 is 3.00 bits per heavy atom. The molecule has 1 aliphatic rings. The zero-order chi connectivity index (χ0) is 16.9. The average Bonchev–Trinajstić information content (AvgIpc) is 3.10. The summed E-state index contributed by atoms with van der Waals surface area (Å²) in [5.74, 6) is 1.27. The minimum absolute atomic E-state index is 0.0150. The summed E-state index contributed by atoms with van der Waals surface area (Å²) < 4.78 is 0.788. The maximum atomic E-state index is 12.5. The average molecular weight is 419 g/mol. The van der Waals surface area contributed by atoms with E-state index in [0.29, 0.717) is 33.2 Å². The predicted molar refractivity (Wildman–Crippen MR) is 103 cm³/mol. The van der Waals surface area contributed by atoms with Crippen molar-refractivity contribution >= 4 is 74.8 Å². The van der Waals surface area contributed by atoms with E-state index in [4.69, 9.17) is 23.2 Å². The molecule has 0 aliphatic carbocycles. The quantitative estimate of drug-likeness (QED) is 0.679. The van der Waals surface area contributed by atoms with Crippen molar-refractivity contribution in [3.05, 3.63) is 33.8 Å². The lowest BCUT2D eigenvalue weighted by atomic mass is 10.3. The van der Waals surface area contributed by atoms with Gasteiger partial charge in [0.2, 0.25) is 5.91 Å². The first kappa shape index (κ1) is 18.0. The summed E-state index contributed by atoms with van der Waals surface area (Å²) >= 11 is 16.4. The Balaban J connectivity index is 1.73. The van der Waals surface area contributed by atoms with Crippen LogP contribution >= 0.6 is 58.1 Å². The van der Waals surface area contributed by atoms with Crippen molar-refractivity contribution in [1.82, 2.24) is 15.1 Å². The maximum absolute atomic E-state index is 12.5. The first-order valence-corrected chi connectivity index (χ1v) is 10.6. The molecule has 0 bridgehead atoms. The van der Waals surface area contributed by atoms with Crippen LogP contribution in [0.25, 0.3) is 0 Å². The molecule has 1 aromatic carbocycles. The number of halogens is 2. The number of rotatable bonds is 4. The molecular formula is C14H12Cl2N4OS3. The highest BCUT2D eigenvalue weighted by molar-refractivity contribution is 8.13. The highest BCUT2D eigenvalue weighted by Crippen LogP contribution is 2.29. The molecule has 3 rings (SSSR count). The van der Waals surface area contributed by atoms with Gasteiger partial charge in [0.05, 0.1) is 21.5 Å². The van der Waals surface area contributed by atoms with E-state index in [2.05, 4.69) is 15.2 Å². The van der Waals surface area contributed by atoms with Gasteiger partial charge in [0.15, 0.2) is 9.51 Å². The van der Waals surface area contributed by atoms with Gasteiger partial charge in [0.1, 0.15) is 5.51 Å². The SMILES string of the molecule is O=C(CSc1nncs1)N1CCCSC1=Nc1ccc(Cl)c(Cl)c1. The maximum Gasteiger partial charge on any atom is 0.238 e. The van der Waals surface area contributed by atoms with E-state index in [1.54, 1.807) is 40.4 Å². The fraction of sp³-hybridized carbons (Fsp3) is 0.286. The Bertz CT molecular complexity index is 754. The van der Waals surface area contributed by atoms with E-state index in [-0.39, 0.29) is 5.91 Å². The number of amidine groups is 1. The lowest BCUT2D eigenvalue weighted by Crippen LogP contribution is -2.40. The fourth-order valence-electron chi connectivity index (χ4n) is 1.98. The van der Waals surface area contributed by atoms with E-state index in [9.17, 15) is 4.79 Å². The molecule has 126 valence electrons. The zero-order valence-electron chi connectivity index (χ0n) is 12.3. The van der Waals surface area contributed by atoms with Crippen molar-refractivity contribution in [3.8, 4) is 0 Å². The fourth-order valence-corrected chi connectivity index (χ4v) is 4.61. The molecule has 1 fully saturated rings. The van der Waals surface area contributed by atoms with Crippen molar-refractivity contribution in [2.24, 2.45) is 4.99 Å². The summed E-state index contributed by atoms with van der Waals surface area (Å²) in [4.78, 5) is 18.8. The molecule has 0 atom stereocenters. The van der Waals surface area contributed by atoms with Gasteiger partial charge in [-0.25, -0.2) is 4.99 Å². The van der Waals surface area contributed by atoms with E-state index in [1.165, 1.54) is 23.1 Å². The summed E-state index contributed by atoms with van der Waals surface area (Å²) in [6.45, 7) is 0.669. The summed E-state index contributed by atoms with van der Waals surface area (Å²) in [5, 5.41) is 9.34. The second kappa shape index (κ2) is 8.53. The standard InChI is InChI=1S/C14H12Cl2N4OS3/c15-10-3-2-9(6-11(10)16)18-13-20(4-1-5-22-13)12(21)7-23-14-19-17-8-24-14/h2-3,6,8H,1,4-5,7H2. The first-order valence-electron chi connectivity index (χ1n) is 6.99. The van der Waals surface area contributed by atoms with E-state index >= 15 is 0 Å². The molecule has 2 aromatic rings. The minimum Gasteiger partial charge on any atom is -0.291 e. The Labute approximate surface area is 161 Å². The zero-order valence-corrected chi connectivity index (χ0v) is 16.3. The number of carbonyl (C=O) groups is 1. The smallest absolute Gasteiger partial charge is 0.238 e. The molecule has 2 heterocycles. The van der Waals surface area contributed by atoms with Crippen LogP contribution in [0.4, 0.5) is 5.69 Å². The number of thioether (sulfide) groups is 2. The van der Waals surface area contributed by atoms with E-state index in [1.807, 2.05) is 0 Å². The van der Waals surface area contributed by atoms with Crippen LogP contribution in [0.1, 0.15) is 6.42 Å². The van der Waals surface area contributed by atoms with Gasteiger partial charge in [0.25, 0.3) is 0 Å². The molecule has 1 amide bonds. The third kappa shape index (κ3) is 4.64. The van der Waals surface area contributed by atoms with Crippen LogP contribution < -0.4 is 0 Å². The lowest BCUT2D eigenvalue weighted by molar-refractivity contribution is -0.124. The number of aliphatic imine (C=N–C) groups is 1. The van der Waals surface area contributed by atoms with Gasteiger partial charge in [-0.1, -0.05) is 58.1 Å². The summed E-state index contributed by atoms with van der Waals surface area (Å²) in [5.41, 5.74) is 2.34. The van der Waals surface area contributed by atoms with Gasteiger partial charge in [-0.15, -0.1) is 10.2 Å². The number of hydrogen-bond donors (Lipinski definition) is 0. The number of aromatic nitrogens is 2. The minimum atomic E-state index is 0.0150. The molecule has 0 saturated carbocycles. The summed E-state index contributed by atoms with van der Waals surface area (Å²) in [6, 6.07) is 5.19. The van der Waals surface area contributed by atoms with Gasteiger partial charge in [0, 0.05) is 12.3 Å². The predicted octanol–water partition coefficient (Wildman–Crippen LogP) is 4.59. The Morgan fingerprint density at radius 2 is 2.25 bits per heavy atom. The van der Waals surface area contributed by atoms with E-state index in [0.717, 1.165) is 16.5 Å². The van der Waals surface area contributed by atoms with Crippen LogP contribution in [-0.2, 0) is 4.79 Å². The van der Waals surface area contributed by atoms with Crippen molar-refractivity contribution in [1.29, 1.82) is 0 Å². The van der Waals surface area contributed by atoms with Crippen LogP contribution in [0.5, 0.6) is 0 Å². The highest BCUT2D eigenvalue weighted by Gasteiger charge is 2.24. The van der Waals surface area contributed by atoms with Crippen LogP contribution in [0.2, 0.25) is 10.0 Å². The molecule has 1 saturated heterocycles. The van der Waals surface area contributed by atoms with Crippen molar-refractivity contribution in [2.75, 3.05) is 18.1 Å². The van der Waals surface area contributed by atoms with Gasteiger partial charge >= 0.3 is 0 Å². The number of nitrogens with zero attached hydrogens (tertiary/aromatic N) is 4. The Kier molecular flexibility index (Phi) is 6.40. The number of amides is 1. The second-order valence-corrected chi connectivity index (χ2v) is 8.67. The molecule has 1 aromatic heterocycles. The number of hydrogen-bond acceptors (Lipinski definition) is 7. The van der Waals surface area contributed by atoms with Gasteiger partial charge in [-0.3, -0.25) is 9.69 Å². The lowest BCUT2D eigenvalue weighted by Gasteiger charge is -2.27. The molecule has 10 heteroatoms. The molecule has 0 N–H and O–H groups in total. The van der Waals surface area contributed by atoms with Crippen LogP contribution in [-0.4, -0.2) is 44.2 Å². The first-order chi connectivity index (χ1) is 11.6. The van der Waals surface area contributed by atoms with Crippen LogP contribution in [0, 0.1) is 0 Å². The Hall–Kier alpha value is -0.800. The largest absolute Gasteiger partial charge is 0.291 e. The molecular weight excluding hydrogens is 407 g/mol. The third-order valence-corrected chi connectivity index (χ3v) is 6.72. The van der Waals surface area contributed by atoms with Crippen LogP contribution in [0.15, 0.2) is 33.0 Å². The normalized spacial score (nSPS) is 16.6. The van der Waals surface area contributed by atoms with Gasteiger partial charge in [-0.2, -0.15) is 0 Å². The molecule has 24 heavy (non-hydrogen) atoms. The van der Waals surface area contributed by atoms with Crippen molar-refractivity contribution in [3.63, 3.8) is 0 Å². The van der Waals surface area contributed by atoms with Gasteiger partial charge in [-0.05, 0) is 24.6 Å². The third-order valence-electron chi connectivity index (χ3n) is 3.08. The van der Waals surface area contributed by atoms with Crippen LogP contribution in [0.3, 0.4) is 0 Å².